The van der Waals surface area contributed by atoms with E-state index in [1.807, 2.05) is 0 Å². The second kappa shape index (κ2) is 4.36. The summed E-state index contributed by atoms with van der Waals surface area (Å²) < 4.78 is 25.9. The molecular weight excluding hydrogens is 192 g/mol. The van der Waals surface area contributed by atoms with Crippen LogP contribution in [0.1, 0.15) is 13.8 Å². The van der Waals surface area contributed by atoms with Crippen LogP contribution in [-0.4, -0.2) is 45.1 Å². The zero-order valence-electron chi connectivity index (χ0n) is 8.53. The molecule has 0 saturated carbocycles. The van der Waals surface area contributed by atoms with Gasteiger partial charge in [0.1, 0.15) is 0 Å². The summed E-state index contributed by atoms with van der Waals surface area (Å²) in [5.74, 6) is 0. The molecule has 0 aliphatic carbocycles. The van der Waals surface area contributed by atoms with E-state index in [-0.39, 0.29) is 13.2 Å². The Bertz CT molecular complexity index is 246. The van der Waals surface area contributed by atoms with Crippen LogP contribution in [0.25, 0.3) is 0 Å². The Hall–Kier alpha value is -0.170. The molecule has 0 aliphatic heterocycles. The fourth-order valence-electron chi connectivity index (χ4n) is 0.472. The first-order chi connectivity index (χ1) is 5.71. The third-order valence-electron chi connectivity index (χ3n) is 1.64. The minimum absolute atomic E-state index is 0.0526. The molecule has 0 spiro atoms. The van der Waals surface area contributed by atoms with Crippen molar-refractivity contribution in [3.63, 3.8) is 0 Å². The summed E-state index contributed by atoms with van der Waals surface area (Å²) >= 11 is 0. The van der Waals surface area contributed by atoms with Crippen LogP contribution < -0.4 is 4.72 Å². The number of rotatable bonds is 5. The summed E-state index contributed by atoms with van der Waals surface area (Å²) in [5.41, 5.74) is -0.428. The van der Waals surface area contributed by atoms with E-state index in [2.05, 4.69) is 4.72 Å². The summed E-state index contributed by atoms with van der Waals surface area (Å²) in [5, 5.41) is 8.88. The Kier molecular flexibility index (Phi) is 4.31. The first-order valence-electron chi connectivity index (χ1n) is 3.99. The molecule has 0 radical (unpaired) electrons. The van der Waals surface area contributed by atoms with E-state index in [9.17, 15) is 8.42 Å². The van der Waals surface area contributed by atoms with Gasteiger partial charge in [-0.1, -0.05) is 13.8 Å². The van der Waals surface area contributed by atoms with Crippen LogP contribution in [0, 0.1) is 5.41 Å². The normalized spacial score (nSPS) is 13.7. The van der Waals surface area contributed by atoms with Crippen molar-refractivity contribution >= 4 is 10.2 Å². The van der Waals surface area contributed by atoms with E-state index in [0.717, 1.165) is 4.31 Å². The second-order valence-corrected chi connectivity index (χ2v) is 5.90. The summed E-state index contributed by atoms with van der Waals surface area (Å²) in [7, 11) is -0.464. The molecule has 0 bridgehead atoms. The van der Waals surface area contributed by atoms with E-state index >= 15 is 0 Å². The SMILES string of the molecule is CN(C)S(=O)(=O)NCC(C)(C)CO. The zero-order valence-corrected chi connectivity index (χ0v) is 9.35. The smallest absolute Gasteiger partial charge is 0.278 e. The topological polar surface area (TPSA) is 69.6 Å². The monoisotopic (exact) mass is 210 g/mol. The number of hydrogen-bond donors (Lipinski definition) is 2. The van der Waals surface area contributed by atoms with Crippen molar-refractivity contribution in [2.24, 2.45) is 5.41 Å². The van der Waals surface area contributed by atoms with Crippen molar-refractivity contribution in [2.45, 2.75) is 13.8 Å². The minimum Gasteiger partial charge on any atom is -0.396 e. The predicted molar refractivity (Wildman–Crippen MR) is 51.5 cm³/mol. The molecule has 0 unspecified atom stereocenters. The predicted octanol–water partition coefficient (Wildman–Crippen LogP) is -0.599. The van der Waals surface area contributed by atoms with Crippen molar-refractivity contribution in [2.75, 3.05) is 27.2 Å². The quantitative estimate of drug-likeness (QED) is 0.636. The summed E-state index contributed by atoms with van der Waals surface area (Å²) in [6, 6.07) is 0. The molecule has 0 saturated heterocycles. The molecule has 0 heterocycles. The van der Waals surface area contributed by atoms with Gasteiger partial charge in [0.25, 0.3) is 10.2 Å². The van der Waals surface area contributed by atoms with Crippen molar-refractivity contribution in [3.8, 4) is 0 Å². The number of aliphatic hydroxyl groups excluding tert-OH is 1. The maximum absolute atomic E-state index is 11.2. The molecule has 6 heteroatoms. The van der Waals surface area contributed by atoms with Gasteiger partial charge >= 0.3 is 0 Å². The molecule has 0 fully saturated rings. The molecule has 0 aromatic heterocycles. The Morgan fingerprint density at radius 3 is 2.15 bits per heavy atom. The lowest BCUT2D eigenvalue weighted by molar-refractivity contribution is 0.162. The molecule has 0 amide bonds. The third kappa shape index (κ3) is 4.56. The van der Waals surface area contributed by atoms with E-state index in [1.54, 1.807) is 13.8 Å². The van der Waals surface area contributed by atoms with Gasteiger partial charge in [-0.3, -0.25) is 0 Å². The van der Waals surface area contributed by atoms with Gasteiger partial charge in [-0.25, -0.2) is 4.72 Å². The van der Waals surface area contributed by atoms with Crippen molar-refractivity contribution in [3.05, 3.63) is 0 Å². The molecule has 5 nitrogen and oxygen atoms in total. The van der Waals surface area contributed by atoms with Crippen LogP contribution in [0.3, 0.4) is 0 Å². The van der Waals surface area contributed by atoms with Crippen LogP contribution in [0.5, 0.6) is 0 Å². The Balaban J connectivity index is 4.19. The number of hydrogen-bond acceptors (Lipinski definition) is 3. The van der Waals surface area contributed by atoms with Gasteiger partial charge in [0.05, 0.1) is 0 Å². The highest BCUT2D eigenvalue weighted by Crippen LogP contribution is 2.11. The Morgan fingerprint density at radius 1 is 1.38 bits per heavy atom. The van der Waals surface area contributed by atoms with Gasteiger partial charge < -0.3 is 5.11 Å². The molecular formula is C7H18N2O3S. The van der Waals surface area contributed by atoms with Crippen LogP contribution in [0.15, 0.2) is 0 Å². The molecule has 0 aromatic rings. The van der Waals surface area contributed by atoms with E-state index in [4.69, 9.17) is 5.11 Å². The molecule has 2 N–H and O–H groups in total. The van der Waals surface area contributed by atoms with Crippen LogP contribution in [0.4, 0.5) is 0 Å². The van der Waals surface area contributed by atoms with E-state index in [0.29, 0.717) is 0 Å². The zero-order chi connectivity index (χ0) is 10.7. The Labute approximate surface area is 79.9 Å². The molecule has 0 aliphatic rings. The third-order valence-corrected chi connectivity index (χ3v) is 3.11. The van der Waals surface area contributed by atoms with Gasteiger partial charge in [0.15, 0.2) is 0 Å². The fraction of sp³-hybridized carbons (Fsp3) is 1.00. The molecule has 80 valence electrons. The molecule has 0 atom stereocenters. The maximum atomic E-state index is 11.2. The van der Waals surface area contributed by atoms with Gasteiger partial charge in [-0.05, 0) is 0 Å². The van der Waals surface area contributed by atoms with E-state index in [1.165, 1.54) is 14.1 Å². The highest BCUT2D eigenvalue weighted by atomic mass is 32.2. The number of nitrogens with zero attached hydrogens (tertiary/aromatic N) is 1. The first kappa shape index (κ1) is 12.8. The average molecular weight is 210 g/mol. The lowest BCUT2D eigenvalue weighted by Gasteiger charge is -2.23. The van der Waals surface area contributed by atoms with Gasteiger partial charge in [-0.2, -0.15) is 12.7 Å². The summed E-state index contributed by atoms with van der Waals surface area (Å²) in [6.07, 6.45) is 0. The lowest BCUT2D eigenvalue weighted by atomic mass is 9.96. The highest BCUT2D eigenvalue weighted by molar-refractivity contribution is 7.87. The summed E-state index contributed by atoms with van der Waals surface area (Å²) in [4.78, 5) is 0. The standard InChI is InChI=1S/C7H18N2O3S/c1-7(2,6-10)5-8-13(11,12)9(3)4/h8,10H,5-6H2,1-4H3. The molecule has 13 heavy (non-hydrogen) atoms. The Morgan fingerprint density at radius 2 is 1.85 bits per heavy atom. The van der Waals surface area contributed by atoms with Crippen molar-refractivity contribution < 1.29 is 13.5 Å². The van der Waals surface area contributed by atoms with Crippen LogP contribution in [0.2, 0.25) is 0 Å². The van der Waals surface area contributed by atoms with Crippen molar-refractivity contribution in [1.29, 1.82) is 0 Å². The largest absolute Gasteiger partial charge is 0.396 e. The average Bonchev–Trinajstić information content (AvgIpc) is 2.01. The first-order valence-corrected chi connectivity index (χ1v) is 5.43. The summed E-state index contributed by atoms with van der Waals surface area (Å²) in [6.45, 7) is 3.74. The maximum Gasteiger partial charge on any atom is 0.278 e. The minimum atomic E-state index is -3.37. The molecule has 0 aromatic carbocycles. The highest BCUT2D eigenvalue weighted by Gasteiger charge is 2.21. The van der Waals surface area contributed by atoms with Gasteiger partial charge in [-0.15, -0.1) is 0 Å². The number of aliphatic hydroxyl groups is 1. The van der Waals surface area contributed by atoms with Crippen molar-refractivity contribution in [1.82, 2.24) is 9.03 Å². The van der Waals surface area contributed by atoms with E-state index < -0.39 is 15.6 Å². The lowest BCUT2D eigenvalue weighted by Crippen LogP contribution is -2.41. The second-order valence-electron chi connectivity index (χ2n) is 3.93. The van der Waals surface area contributed by atoms with Crippen LogP contribution >= 0.6 is 0 Å². The van der Waals surface area contributed by atoms with Gasteiger partial charge in [0.2, 0.25) is 0 Å². The van der Waals surface area contributed by atoms with Crippen LogP contribution in [-0.2, 0) is 10.2 Å². The number of nitrogens with one attached hydrogen (secondary N) is 1. The molecule has 0 rings (SSSR count). The van der Waals surface area contributed by atoms with Gasteiger partial charge in [0, 0.05) is 32.7 Å². The fourth-order valence-corrected chi connectivity index (χ4v) is 1.30.